The highest BCUT2D eigenvalue weighted by Crippen LogP contribution is 2.34. The normalized spacial score (nSPS) is 17.7. The maximum absolute atomic E-state index is 13.2. The molecule has 1 atom stereocenters. The Bertz CT molecular complexity index is 1190. The minimum Gasteiger partial charge on any atom is -0.329 e. The SMILES string of the molecule is C[C@H](NCc1ccc2c(c1)CC(=NC(=O)c1ccc(C3=CCC=C3)s1)N2CC(C)(C)C)C(C)(C)C. The molecule has 1 N–H and O–H groups in total. The molecule has 1 aliphatic heterocycles. The molecule has 1 aliphatic carbocycles. The summed E-state index contributed by atoms with van der Waals surface area (Å²) in [6.45, 7) is 17.3. The van der Waals surface area contributed by atoms with E-state index in [2.05, 4.69) is 100 Å². The van der Waals surface area contributed by atoms with Gasteiger partial charge in [0.2, 0.25) is 0 Å². The number of benzene rings is 1. The molecule has 0 spiro atoms. The monoisotopic (exact) mass is 489 g/mol. The number of rotatable bonds is 6. The van der Waals surface area contributed by atoms with Gasteiger partial charge in [0.25, 0.3) is 5.91 Å². The number of carbonyl (C=O) groups is 1. The number of nitrogens with one attached hydrogen (secondary N) is 1. The van der Waals surface area contributed by atoms with Gasteiger partial charge in [0.15, 0.2) is 0 Å². The van der Waals surface area contributed by atoms with Crippen LogP contribution in [0.1, 0.15) is 80.6 Å². The molecule has 5 heteroatoms. The predicted molar refractivity (Wildman–Crippen MR) is 151 cm³/mol. The highest BCUT2D eigenvalue weighted by atomic mass is 32.1. The molecule has 0 saturated heterocycles. The van der Waals surface area contributed by atoms with Crippen molar-refractivity contribution in [3.63, 3.8) is 0 Å². The van der Waals surface area contributed by atoms with Crippen LogP contribution in [-0.4, -0.2) is 24.3 Å². The summed E-state index contributed by atoms with van der Waals surface area (Å²) in [4.78, 5) is 21.9. The van der Waals surface area contributed by atoms with E-state index in [0.717, 1.165) is 30.2 Å². The molecule has 186 valence electrons. The van der Waals surface area contributed by atoms with Crippen molar-refractivity contribution in [1.29, 1.82) is 0 Å². The van der Waals surface area contributed by atoms with E-state index < -0.39 is 0 Å². The number of thiophene rings is 1. The third-order valence-corrected chi connectivity index (χ3v) is 7.86. The molecular weight excluding hydrogens is 450 g/mol. The van der Waals surface area contributed by atoms with Gasteiger partial charge in [-0.2, -0.15) is 4.99 Å². The quantitative estimate of drug-likeness (QED) is 0.464. The number of hydrogen-bond acceptors (Lipinski definition) is 3. The molecule has 1 aromatic carbocycles. The standard InChI is InChI=1S/C30H39N3OS/c1-20(30(5,6)7)31-18-21-12-13-24-23(16-21)17-27(33(24)19-29(2,3)4)32-28(34)26-15-14-25(35-26)22-10-8-9-11-22/h8,10-16,20,31H,9,17-19H2,1-7H3/t20-/m0/s1. The van der Waals surface area contributed by atoms with E-state index >= 15 is 0 Å². The molecule has 0 bridgehead atoms. The molecule has 0 saturated carbocycles. The van der Waals surface area contributed by atoms with Gasteiger partial charge in [-0.3, -0.25) is 4.79 Å². The van der Waals surface area contributed by atoms with Crippen LogP contribution in [0.4, 0.5) is 5.69 Å². The first kappa shape index (κ1) is 25.6. The molecule has 4 nitrogen and oxygen atoms in total. The fourth-order valence-corrected chi connectivity index (χ4v) is 5.22. The van der Waals surface area contributed by atoms with Crippen LogP contribution >= 0.6 is 11.3 Å². The van der Waals surface area contributed by atoms with E-state index in [-0.39, 0.29) is 16.7 Å². The molecule has 4 rings (SSSR count). The number of anilines is 1. The van der Waals surface area contributed by atoms with Gasteiger partial charge in [-0.25, -0.2) is 0 Å². The first-order valence-corrected chi connectivity index (χ1v) is 13.4. The second-order valence-corrected chi connectivity index (χ2v) is 13.1. The number of hydrogen-bond donors (Lipinski definition) is 1. The summed E-state index contributed by atoms with van der Waals surface area (Å²) in [5.41, 5.74) is 5.18. The summed E-state index contributed by atoms with van der Waals surface area (Å²) < 4.78 is 0. The summed E-state index contributed by atoms with van der Waals surface area (Å²) in [5.74, 6) is 0.703. The Kier molecular flexibility index (Phi) is 7.21. The minimum atomic E-state index is -0.147. The van der Waals surface area contributed by atoms with E-state index in [0.29, 0.717) is 17.3 Å². The maximum atomic E-state index is 13.2. The van der Waals surface area contributed by atoms with Crippen LogP contribution in [0.2, 0.25) is 0 Å². The Hall–Kier alpha value is -2.50. The van der Waals surface area contributed by atoms with Crippen molar-refractivity contribution in [2.24, 2.45) is 15.8 Å². The van der Waals surface area contributed by atoms with Gasteiger partial charge < -0.3 is 10.2 Å². The molecule has 35 heavy (non-hydrogen) atoms. The highest BCUT2D eigenvalue weighted by Gasteiger charge is 2.30. The van der Waals surface area contributed by atoms with E-state index in [1.54, 1.807) is 0 Å². The number of aliphatic imine (C=N–C) groups is 1. The zero-order chi connectivity index (χ0) is 25.4. The van der Waals surface area contributed by atoms with Crippen LogP contribution < -0.4 is 10.2 Å². The fourth-order valence-electron chi connectivity index (χ4n) is 4.31. The lowest BCUT2D eigenvalue weighted by molar-refractivity contribution is 0.101. The Morgan fingerprint density at radius 2 is 1.91 bits per heavy atom. The Morgan fingerprint density at radius 3 is 2.57 bits per heavy atom. The fraction of sp³-hybridized carbons (Fsp3) is 0.467. The summed E-state index contributed by atoms with van der Waals surface area (Å²) >= 11 is 1.53. The topological polar surface area (TPSA) is 44.7 Å². The molecule has 2 aliphatic rings. The minimum absolute atomic E-state index is 0.0746. The molecule has 1 aromatic heterocycles. The van der Waals surface area contributed by atoms with Crippen molar-refractivity contribution in [2.45, 2.75) is 73.9 Å². The smallest absolute Gasteiger partial charge is 0.288 e. The lowest BCUT2D eigenvalue weighted by atomic mass is 9.88. The summed E-state index contributed by atoms with van der Waals surface area (Å²) in [5, 5.41) is 3.66. The first-order valence-electron chi connectivity index (χ1n) is 12.6. The number of nitrogens with zero attached hydrogens (tertiary/aromatic N) is 2. The zero-order valence-electron chi connectivity index (χ0n) is 22.2. The molecule has 2 heterocycles. The summed E-state index contributed by atoms with van der Waals surface area (Å²) in [7, 11) is 0. The maximum Gasteiger partial charge on any atom is 0.288 e. The van der Waals surface area contributed by atoms with E-state index in [4.69, 9.17) is 0 Å². The second-order valence-electron chi connectivity index (χ2n) is 12.0. The molecule has 0 fully saturated rings. The third kappa shape index (κ3) is 6.20. The lowest BCUT2D eigenvalue weighted by Crippen LogP contribution is -2.37. The molecule has 0 radical (unpaired) electrons. The average molecular weight is 490 g/mol. The lowest BCUT2D eigenvalue weighted by Gasteiger charge is -2.29. The van der Waals surface area contributed by atoms with Crippen molar-refractivity contribution in [1.82, 2.24) is 5.32 Å². The summed E-state index contributed by atoms with van der Waals surface area (Å²) in [6, 6.07) is 11.0. The number of amidine groups is 1. The van der Waals surface area contributed by atoms with Crippen molar-refractivity contribution in [3.05, 3.63) is 69.4 Å². The van der Waals surface area contributed by atoms with Crippen LogP contribution in [0.15, 0.2) is 53.6 Å². The zero-order valence-corrected chi connectivity index (χ0v) is 23.1. The van der Waals surface area contributed by atoms with Crippen molar-refractivity contribution in [3.8, 4) is 0 Å². The van der Waals surface area contributed by atoms with E-state index in [1.807, 2.05) is 12.1 Å². The van der Waals surface area contributed by atoms with Gasteiger partial charge in [0.05, 0.1) is 4.88 Å². The van der Waals surface area contributed by atoms with Gasteiger partial charge in [0.1, 0.15) is 5.84 Å². The Morgan fingerprint density at radius 1 is 1.14 bits per heavy atom. The Balaban J connectivity index is 1.56. The van der Waals surface area contributed by atoms with Gasteiger partial charge in [0, 0.05) is 36.1 Å². The van der Waals surface area contributed by atoms with E-state index in [9.17, 15) is 4.79 Å². The first-order chi connectivity index (χ1) is 16.4. The Labute approximate surface area is 214 Å². The van der Waals surface area contributed by atoms with Crippen LogP contribution in [-0.2, 0) is 13.0 Å². The number of carbonyl (C=O) groups excluding carboxylic acids is 1. The largest absolute Gasteiger partial charge is 0.329 e. The second kappa shape index (κ2) is 9.87. The van der Waals surface area contributed by atoms with E-state index in [1.165, 1.54) is 33.7 Å². The van der Waals surface area contributed by atoms with Crippen molar-refractivity contribution < 1.29 is 4.79 Å². The van der Waals surface area contributed by atoms with Crippen LogP contribution in [0, 0.1) is 10.8 Å². The molecule has 0 unspecified atom stereocenters. The number of fused-ring (bicyclic) bond motifs is 1. The molecule has 2 aromatic rings. The van der Waals surface area contributed by atoms with Gasteiger partial charge in [-0.15, -0.1) is 11.3 Å². The summed E-state index contributed by atoms with van der Waals surface area (Å²) in [6.07, 6.45) is 8.11. The predicted octanol–water partition coefficient (Wildman–Crippen LogP) is 7.26. The molecule has 1 amide bonds. The van der Waals surface area contributed by atoms with Gasteiger partial charge in [-0.05, 0) is 59.1 Å². The third-order valence-electron chi connectivity index (χ3n) is 6.74. The number of allylic oxidation sites excluding steroid dienone is 4. The van der Waals surface area contributed by atoms with Crippen LogP contribution in [0.3, 0.4) is 0 Å². The van der Waals surface area contributed by atoms with Gasteiger partial charge in [-0.1, -0.05) is 71.9 Å². The van der Waals surface area contributed by atoms with Gasteiger partial charge >= 0.3 is 0 Å². The highest BCUT2D eigenvalue weighted by molar-refractivity contribution is 7.15. The van der Waals surface area contributed by atoms with Crippen molar-refractivity contribution in [2.75, 3.05) is 11.4 Å². The van der Waals surface area contributed by atoms with Crippen LogP contribution in [0.25, 0.3) is 5.57 Å². The average Bonchev–Trinajstić information content (AvgIpc) is 3.51. The van der Waals surface area contributed by atoms with Crippen molar-refractivity contribution >= 4 is 34.3 Å². The number of amides is 1. The van der Waals surface area contributed by atoms with Crippen LogP contribution in [0.5, 0.6) is 0 Å². The molecular formula is C30H39N3OS.